The van der Waals surface area contributed by atoms with E-state index in [0.717, 1.165) is 16.3 Å². The number of fused-ring (bicyclic) bond motifs is 1. The van der Waals surface area contributed by atoms with Crippen molar-refractivity contribution in [2.75, 3.05) is 5.73 Å². The van der Waals surface area contributed by atoms with E-state index in [4.69, 9.17) is 17.3 Å². The second-order valence-electron chi connectivity index (χ2n) is 4.81. The molecule has 1 heterocycles. The van der Waals surface area contributed by atoms with Crippen molar-refractivity contribution in [1.29, 1.82) is 0 Å². The van der Waals surface area contributed by atoms with E-state index >= 15 is 0 Å². The first-order valence-corrected chi connectivity index (χ1v) is 7.45. The van der Waals surface area contributed by atoms with Gasteiger partial charge in [0.15, 0.2) is 0 Å². The van der Waals surface area contributed by atoms with E-state index < -0.39 is 0 Å². The molecule has 0 saturated carbocycles. The van der Waals surface area contributed by atoms with Crippen molar-refractivity contribution in [2.24, 2.45) is 0 Å². The molecule has 21 heavy (non-hydrogen) atoms. The third-order valence-corrected chi connectivity index (χ3v) is 4.43. The summed E-state index contributed by atoms with van der Waals surface area (Å²) in [4.78, 5) is 4.11. The predicted octanol–water partition coefficient (Wildman–Crippen LogP) is 5.35. The van der Waals surface area contributed by atoms with Crippen molar-refractivity contribution >= 4 is 44.1 Å². The fourth-order valence-corrected chi connectivity index (χ4v) is 3.24. The van der Waals surface area contributed by atoms with Crippen LogP contribution in [0.3, 0.4) is 0 Å². The summed E-state index contributed by atoms with van der Waals surface area (Å²) in [6.45, 7) is 1.86. The average molecular weight is 366 g/mol. The van der Waals surface area contributed by atoms with Crippen LogP contribution in [0.4, 0.5) is 10.2 Å². The van der Waals surface area contributed by atoms with E-state index in [0.29, 0.717) is 26.4 Å². The summed E-state index contributed by atoms with van der Waals surface area (Å²) < 4.78 is 15.0. The highest BCUT2D eigenvalue weighted by molar-refractivity contribution is 9.10. The summed E-state index contributed by atoms with van der Waals surface area (Å²) in [5.41, 5.74) is 7.92. The Morgan fingerprint density at radius 2 is 2.05 bits per heavy atom. The Morgan fingerprint density at radius 3 is 2.76 bits per heavy atom. The Morgan fingerprint density at radius 1 is 1.29 bits per heavy atom. The number of anilines is 1. The Bertz CT molecular complexity index is 844. The molecule has 1 aromatic heterocycles. The highest BCUT2D eigenvalue weighted by Crippen LogP contribution is 2.40. The second-order valence-corrected chi connectivity index (χ2v) is 6.04. The maximum atomic E-state index is 14.3. The van der Waals surface area contributed by atoms with Crippen LogP contribution in [0.15, 0.2) is 41.0 Å². The summed E-state index contributed by atoms with van der Waals surface area (Å²) in [5.74, 6) is 0.0703. The lowest BCUT2D eigenvalue weighted by Crippen LogP contribution is -1.95. The summed E-state index contributed by atoms with van der Waals surface area (Å²) in [6.07, 6.45) is 1.64. The van der Waals surface area contributed by atoms with E-state index in [1.807, 2.05) is 13.0 Å². The van der Waals surface area contributed by atoms with Gasteiger partial charge < -0.3 is 5.73 Å². The first-order valence-electron chi connectivity index (χ1n) is 6.27. The number of hydrogen-bond acceptors (Lipinski definition) is 2. The minimum atomic E-state index is -0.291. The Kier molecular flexibility index (Phi) is 3.59. The number of pyridine rings is 1. The summed E-state index contributed by atoms with van der Waals surface area (Å²) in [6, 6.07) is 8.52. The van der Waals surface area contributed by atoms with Gasteiger partial charge in [0, 0.05) is 27.6 Å². The molecule has 0 amide bonds. The molecule has 0 aliphatic carbocycles. The van der Waals surface area contributed by atoms with Gasteiger partial charge >= 0.3 is 0 Å². The number of aryl methyl sites for hydroxylation is 1. The van der Waals surface area contributed by atoms with Crippen LogP contribution in [0, 0.1) is 12.7 Å². The van der Waals surface area contributed by atoms with Gasteiger partial charge in [0.05, 0.1) is 4.47 Å². The highest BCUT2D eigenvalue weighted by atomic mass is 79.9. The Balaban J connectivity index is 2.50. The van der Waals surface area contributed by atoms with Crippen LogP contribution < -0.4 is 5.73 Å². The zero-order valence-corrected chi connectivity index (χ0v) is 13.5. The van der Waals surface area contributed by atoms with E-state index in [2.05, 4.69) is 20.9 Å². The molecule has 0 aliphatic heterocycles. The van der Waals surface area contributed by atoms with Gasteiger partial charge in [-0.3, -0.25) is 0 Å². The topological polar surface area (TPSA) is 38.9 Å². The average Bonchev–Trinajstić information content (AvgIpc) is 2.42. The molecule has 3 rings (SSSR count). The molecular weight excluding hydrogens is 355 g/mol. The maximum absolute atomic E-state index is 14.3. The number of aromatic nitrogens is 1. The van der Waals surface area contributed by atoms with Crippen LogP contribution in [0.1, 0.15) is 5.56 Å². The number of nitrogen functional groups attached to an aromatic ring is 1. The molecule has 2 N–H and O–H groups in total. The van der Waals surface area contributed by atoms with E-state index in [-0.39, 0.29) is 5.82 Å². The van der Waals surface area contributed by atoms with Crippen LogP contribution >= 0.6 is 27.5 Å². The Hall–Kier alpha value is -1.65. The van der Waals surface area contributed by atoms with E-state index in [1.54, 1.807) is 24.4 Å². The fourth-order valence-electron chi connectivity index (χ4n) is 2.47. The number of benzene rings is 2. The lowest BCUT2D eigenvalue weighted by atomic mass is 9.95. The van der Waals surface area contributed by atoms with Crippen molar-refractivity contribution in [1.82, 2.24) is 4.98 Å². The summed E-state index contributed by atoms with van der Waals surface area (Å²) in [5, 5.41) is 2.14. The number of nitrogens with zero attached hydrogens (tertiary/aromatic N) is 1. The van der Waals surface area contributed by atoms with Gasteiger partial charge in [-0.25, -0.2) is 9.37 Å². The third-order valence-electron chi connectivity index (χ3n) is 3.41. The lowest BCUT2D eigenvalue weighted by Gasteiger charge is -2.13. The van der Waals surface area contributed by atoms with Crippen LogP contribution in [0.5, 0.6) is 0 Å². The fraction of sp³-hybridized carbons (Fsp3) is 0.0625. The van der Waals surface area contributed by atoms with Gasteiger partial charge in [-0.1, -0.05) is 23.7 Å². The lowest BCUT2D eigenvalue weighted by molar-refractivity contribution is 0.630. The van der Waals surface area contributed by atoms with Crippen LogP contribution in [-0.4, -0.2) is 4.98 Å². The second kappa shape index (κ2) is 5.28. The number of hydrogen-bond donors (Lipinski definition) is 1. The minimum absolute atomic E-state index is 0.291. The molecule has 106 valence electrons. The highest BCUT2D eigenvalue weighted by Gasteiger charge is 2.16. The van der Waals surface area contributed by atoms with Crippen molar-refractivity contribution in [2.45, 2.75) is 6.92 Å². The number of halogens is 3. The first kappa shape index (κ1) is 14.3. The van der Waals surface area contributed by atoms with Crippen LogP contribution in [0.2, 0.25) is 5.02 Å². The largest absolute Gasteiger partial charge is 0.383 e. The molecule has 0 saturated heterocycles. The molecular formula is C16H11BrClFN2. The molecule has 0 fully saturated rings. The van der Waals surface area contributed by atoms with Crippen LogP contribution in [0.25, 0.3) is 21.9 Å². The third kappa shape index (κ3) is 2.39. The monoisotopic (exact) mass is 364 g/mol. The van der Waals surface area contributed by atoms with Crippen molar-refractivity contribution in [3.8, 4) is 11.1 Å². The van der Waals surface area contributed by atoms with Crippen molar-refractivity contribution in [3.05, 3.63) is 57.4 Å². The van der Waals surface area contributed by atoms with Gasteiger partial charge in [0.1, 0.15) is 11.6 Å². The van der Waals surface area contributed by atoms with Crippen molar-refractivity contribution in [3.63, 3.8) is 0 Å². The molecule has 2 aromatic carbocycles. The van der Waals surface area contributed by atoms with Crippen LogP contribution in [-0.2, 0) is 0 Å². The summed E-state index contributed by atoms with van der Waals surface area (Å²) in [7, 11) is 0. The van der Waals surface area contributed by atoms with E-state index in [9.17, 15) is 4.39 Å². The molecule has 2 nitrogen and oxygen atoms in total. The molecule has 0 spiro atoms. The smallest absolute Gasteiger partial charge is 0.138 e. The van der Waals surface area contributed by atoms with Gasteiger partial charge in [-0.2, -0.15) is 0 Å². The molecule has 0 unspecified atom stereocenters. The van der Waals surface area contributed by atoms with Gasteiger partial charge in [0.25, 0.3) is 0 Å². The molecule has 3 aromatic rings. The predicted molar refractivity (Wildman–Crippen MR) is 89.0 cm³/mol. The van der Waals surface area contributed by atoms with Crippen molar-refractivity contribution < 1.29 is 4.39 Å². The standard InChI is InChI=1S/C16H11BrClFN2/c1-8-3-2-4-12(19)13(8)11-6-10(18)5-9-7-21-16(20)15(17)14(9)11/h2-7H,1H3,(H2,20,21). The Labute approximate surface area is 134 Å². The molecule has 0 aliphatic rings. The molecule has 0 atom stereocenters. The minimum Gasteiger partial charge on any atom is -0.383 e. The SMILES string of the molecule is Cc1cccc(F)c1-c1cc(Cl)cc2cnc(N)c(Br)c12. The number of nitrogens with two attached hydrogens (primary N) is 1. The summed E-state index contributed by atoms with van der Waals surface area (Å²) >= 11 is 9.62. The van der Waals surface area contributed by atoms with Gasteiger partial charge in [0.2, 0.25) is 0 Å². The molecule has 0 radical (unpaired) electrons. The van der Waals surface area contributed by atoms with Gasteiger partial charge in [-0.15, -0.1) is 0 Å². The first-order chi connectivity index (χ1) is 9.99. The quantitative estimate of drug-likeness (QED) is 0.631. The molecule has 5 heteroatoms. The van der Waals surface area contributed by atoms with Gasteiger partial charge in [-0.05, 0) is 52.2 Å². The number of rotatable bonds is 1. The maximum Gasteiger partial charge on any atom is 0.138 e. The normalized spacial score (nSPS) is 11.0. The van der Waals surface area contributed by atoms with E-state index in [1.165, 1.54) is 6.07 Å². The molecule has 0 bridgehead atoms. The zero-order valence-electron chi connectivity index (χ0n) is 11.1. The zero-order chi connectivity index (χ0) is 15.1.